The summed E-state index contributed by atoms with van der Waals surface area (Å²) in [6, 6.07) is 32.5. The third-order valence-corrected chi connectivity index (χ3v) is 10.3. The summed E-state index contributed by atoms with van der Waals surface area (Å²) >= 11 is 0. The molecule has 0 saturated heterocycles. The topological polar surface area (TPSA) is 148 Å². The SMILES string of the molecule is C=CC(=O)OCCCCCCOc1ccc(C(=O)Oc2ccc(OC(=O)c3ccc(OCCCCCCOC(=O)C=C)cc3)c(C=NN=Cc3ccc4c(c3)Cc3ccccc3-4)c2)cc1. The van der Waals surface area contributed by atoms with Gasteiger partial charge in [-0.2, -0.15) is 10.2 Å². The molecule has 1 aliphatic rings. The molecule has 5 aromatic rings. The molecule has 1 aliphatic carbocycles. The van der Waals surface area contributed by atoms with E-state index in [2.05, 4.69) is 47.6 Å². The van der Waals surface area contributed by atoms with Crippen molar-refractivity contribution in [2.75, 3.05) is 26.4 Å². The Morgan fingerprint density at radius 1 is 0.508 bits per heavy atom. The van der Waals surface area contributed by atoms with Crippen LogP contribution in [0.2, 0.25) is 0 Å². The minimum Gasteiger partial charge on any atom is -0.494 e. The first kappa shape index (κ1) is 46.9. The Morgan fingerprint density at radius 3 is 1.63 bits per heavy atom. The fraction of sp³-hybridized carbons (Fsp3) is 0.245. The molecule has 0 saturated carbocycles. The maximum atomic E-state index is 13.4. The Labute approximate surface area is 379 Å². The second kappa shape index (κ2) is 24.9. The van der Waals surface area contributed by atoms with E-state index in [1.165, 1.54) is 40.6 Å². The van der Waals surface area contributed by atoms with E-state index in [-0.39, 0.29) is 11.5 Å². The second-order valence-electron chi connectivity index (χ2n) is 15.0. The molecule has 0 N–H and O–H groups in total. The van der Waals surface area contributed by atoms with E-state index in [9.17, 15) is 19.2 Å². The molecule has 0 spiro atoms. The number of esters is 4. The molecule has 0 aliphatic heterocycles. The zero-order chi connectivity index (χ0) is 45.6. The van der Waals surface area contributed by atoms with Crippen molar-refractivity contribution in [3.05, 3.63) is 168 Å². The van der Waals surface area contributed by atoms with E-state index in [1.807, 2.05) is 18.2 Å². The van der Waals surface area contributed by atoms with Gasteiger partial charge >= 0.3 is 23.9 Å². The molecule has 12 nitrogen and oxygen atoms in total. The summed E-state index contributed by atoms with van der Waals surface area (Å²) in [7, 11) is 0. The summed E-state index contributed by atoms with van der Waals surface area (Å²) in [5, 5.41) is 8.56. The van der Waals surface area contributed by atoms with Crippen molar-refractivity contribution in [3.63, 3.8) is 0 Å². The summed E-state index contributed by atoms with van der Waals surface area (Å²) in [6.45, 7) is 8.51. The van der Waals surface area contributed by atoms with Gasteiger partial charge in [0, 0.05) is 17.7 Å². The molecule has 0 heterocycles. The quantitative estimate of drug-likeness (QED) is 0.0136. The van der Waals surface area contributed by atoms with Crippen molar-refractivity contribution in [1.29, 1.82) is 0 Å². The fourth-order valence-electron chi connectivity index (χ4n) is 6.88. The van der Waals surface area contributed by atoms with Crippen LogP contribution in [-0.2, 0) is 25.5 Å². The van der Waals surface area contributed by atoms with Gasteiger partial charge in [0.1, 0.15) is 23.0 Å². The number of hydrogen-bond donors (Lipinski definition) is 0. The molecule has 65 heavy (non-hydrogen) atoms. The maximum Gasteiger partial charge on any atom is 0.343 e. The number of nitrogens with zero attached hydrogens (tertiary/aromatic N) is 2. The molecule has 0 aromatic heterocycles. The number of carbonyl (C=O) groups excluding carboxylic acids is 4. The Kier molecular flexibility index (Phi) is 18.0. The van der Waals surface area contributed by atoms with Gasteiger partial charge in [0.2, 0.25) is 0 Å². The lowest BCUT2D eigenvalue weighted by atomic mass is 10.0. The highest BCUT2D eigenvalue weighted by Crippen LogP contribution is 2.36. The molecular weight excluding hydrogens is 825 g/mol. The summed E-state index contributed by atoms with van der Waals surface area (Å²) in [5.41, 5.74) is 6.82. The Morgan fingerprint density at radius 2 is 1.03 bits per heavy atom. The lowest BCUT2D eigenvalue weighted by Gasteiger charge is -2.11. The van der Waals surface area contributed by atoms with Gasteiger partial charge in [0.05, 0.1) is 50.0 Å². The minimum atomic E-state index is -0.607. The van der Waals surface area contributed by atoms with Gasteiger partial charge in [-0.25, -0.2) is 19.2 Å². The van der Waals surface area contributed by atoms with Crippen LogP contribution in [0.4, 0.5) is 0 Å². The van der Waals surface area contributed by atoms with E-state index < -0.39 is 23.9 Å². The first-order valence-electron chi connectivity index (χ1n) is 21.7. The molecule has 0 atom stereocenters. The molecular formula is C53H52N2O10. The van der Waals surface area contributed by atoms with Gasteiger partial charge in [-0.1, -0.05) is 49.6 Å². The van der Waals surface area contributed by atoms with Crippen molar-refractivity contribution in [2.24, 2.45) is 10.2 Å². The number of unbranched alkanes of at least 4 members (excludes halogenated alkanes) is 6. The lowest BCUT2D eigenvalue weighted by molar-refractivity contribution is -0.138. The van der Waals surface area contributed by atoms with Crippen LogP contribution in [0.3, 0.4) is 0 Å². The number of hydrogen-bond acceptors (Lipinski definition) is 12. The van der Waals surface area contributed by atoms with Gasteiger partial charge in [0.15, 0.2) is 0 Å². The molecule has 0 bridgehead atoms. The summed E-state index contributed by atoms with van der Waals surface area (Å²) in [5.74, 6) is -0.413. The highest BCUT2D eigenvalue weighted by molar-refractivity contribution is 5.95. The average molecular weight is 877 g/mol. The first-order chi connectivity index (χ1) is 31.8. The van der Waals surface area contributed by atoms with Crippen LogP contribution in [0.25, 0.3) is 11.1 Å². The average Bonchev–Trinajstić information content (AvgIpc) is 3.70. The normalized spacial score (nSPS) is 11.4. The largest absolute Gasteiger partial charge is 0.494 e. The van der Waals surface area contributed by atoms with E-state index in [1.54, 1.807) is 60.8 Å². The van der Waals surface area contributed by atoms with E-state index >= 15 is 0 Å². The third-order valence-electron chi connectivity index (χ3n) is 10.3. The number of rotatable bonds is 25. The van der Waals surface area contributed by atoms with Crippen molar-refractivity contribution in [2.45, 2.75) is 57.8 Å². The zero-order valence-corrected chi connectivity index (χ0v) is 36.3. The highest BCUT2D eigenvalue weighted by Gasteiger charge is 2.18. The molecule has 0 unspecified atom stereocenters. The van der Waals surface area contributed by atoms with Crippen molar-refractivity contribution < 1.29 is 47.6 Å². The Hall–Kier alpha value is -7.60. The molecule has 0 fully saturated rings. The van der Waals surface area contributed by atoms with Crippen molar-refractivity contribution in [3.8, 4) is 34.1 Å². The van der Waals surface area contributed by atoms with Gasteiger partial charge in [0.25, 0.3) is 0 Å². The summed E-state index contributed by atoms with van der Waals surface area (Å²) in [6.07, 6.45) is 13.1. The fourth-order valence-corrected chi connectivity index (χ4v) is 6.88. The molecule has 12 heteroatoms. The molecule has 334 valence electrons. The minimum absolute atomic E-state index is 0.182. The lowest BCUT2D eigenvalue weighted by Crippen LogP contribution is -2.11. The number of carbonyl (C=O) groups is 4. The van der Waals surface area contributed by atoms with Crippen LogP contribution in [-0.4, -0.2) is 62.7 Å². The molecule has 6 rings (SSSR count). The monoisotopic (exact) mass is 876 g/mol. The zero-order valence-electron chi connectivity index (χ0n) is 36.3. The van der Waals surface area contributed by atoms with Crippen LogP contribution in [0.1, 0.15) is 94.3 Å². The van der Waals surface area contributed by atoms with Crippen LogP contribution in [0, 0.1) is 0 Å². The number of ether oxygens (including phenoxy) is 6. The predicted octanol–water partition coefficient (Wildman–Crippen LogP) is 10.5. The van der Waals surface area contributed by atoms with Crippen molar-refractivity contribution in [1.82, 2.24) is 0 Å². The maximum absolute atomic E-state index is 13.4. The predicted molar refractivity (Wildman–Crippen MR) is 249 cm³/mol. The van der Waals surface area contributed by atoms with Gasteiger partial charge in [-0.15, -0.1) is 0 Å². The van der Waals surface area contributed by atoms with Crippen LogP contribution >= 0.6 is 0 Å². The van der Waals surface area contributed by atoms with E-state index in [4.69, 9.17) is 28.4 Å². The second-order valence-corrected chi connectivity index (χ2v) is 15.0. The van der Waals surface area contributed by atoms with E-state index in [0.717, 1.165) is 75.5 Å². The summed E-state index contributed by atoms with van der Waals surface area (Å²) in [4.78, 5) is 48.9. The molecule has 5 aromatic carbocycles. The van der Waals surface area contributed by atoms with Gasteiger partial charge in [-0.05, 0) is 158 Å². The smallest absolute Gasteiger partial charge is 0.343 e. The molecule has 0 radical (unpaired) electrons. The Balaban J connectivity index is 1.05. The van der Waals surface area contributed by atoms with E-state index in [0.29, 0.717) is 54.6 Å². The van der Waals surface area contributed by atoms with Crippen molar-refractivity contribution >= 4 is 36.3 Å². The number of fused-ring (bicyclic) bond motifs is 3. The first-order valence-corrected chi connectivity index (χ1v) is 21.7. The van der Waals surface area contributed by atoms with Gasteiger partial charge in [-0.3, -0.25) is 0 Å². The Bertz CT molecular complexity index is 2490. The molecule has 0 amide bonds. The highest BCUT2D eigenvalue weighted by atomic mass is 16.5. The van der Waals surface area contributed by atoms with Gasteiger partial charge < -0.3 is 28.4 Å². The van der Waals surface area contributed by atoms with Crippen LogP contribution < -0.4 is 18.9 Å². The van der Waals surface area contributed by atoms with Crippen LogP contribution in [0.5, 0.6) is 23.0 Å². The van der Waals surface area contributed by atoms with Crippen LogP contribution in [0.15, 0.2) is 145 Å². The number of benzene rings is 5. The third kappa shape index (κ3) is 14.7. The summed E-state index contributed by atoms with van der Waals surface area (Å²) < 4.78 is 33.2. The standard InChI is InChI=1S/C53H52N2O10/c1-3-50(56)62-31-13-7-5-11-29-60-44-22-18-39(19-23-44)52(58)64-46-26-28-49(65-53(59)40-20-24-45(25-21-40)61-30-12-6-8-14-32-63-51(57)4-2)43(35-46)37-55-54-36-38-17-27-48-42(33-38)34-41-15-9-10-16-47(41)48/h3-4,9-10,15-28,33,35-37H,1-2,5-8,11-14,29-32,34H2.